The average molecular weight is 448 g/mol. The van der Waals surface area contributed by atoms with E-state index in [9.17, 15) is 18.0 Å². The molecule has 2 aromatic carbocycles. The number of oxime groups is 1. The Morgan fingerprint density at radius 1 is 1.12 bits per heavy atom. The van der Waals surface area contributed by atoms with Gasteiger partial charge in [0.1, 0.15) is 12.4 Å². The second-order valence-corrected chi connectivity index (χ2v) is 6.63. The summed E-state index contributed by atoms with van der Waals surface area (Å²) in [5.41, 5.74) is 2.05. The Bertz CT molecular complexity index is 1080. The van der Waals surface area contributed by atoms with Crippen molar-refractivity contribution in [1.82, 2.24) is 15.5 Å². The lowest BCUT2D eigenvalue weighted by molar-refractivity contribution is -0.159. The molecule has 0 unspecified atom stereocenters. The van der Waals surface area contributed by atoms with Crippen LogP contribution >= 0.6 is 0 Å². The van der Waals surface area contributed by atoms with Gasteiger partial charge < -0.3 is 19.4 Å². The van der Waals surface area contributed by atoms with Crippen LogP contribution in [0.15, 0.2) is 58.2 Å². The molecule has 168 valence electrons. The van der Waals surface area contributed by atoms with Crippen LogP contribution in [0.2, 0.25) is 0 Å². The smallest absolute Gasteiger partial charge is 0.471 e. The maximum atomic E-state index is 12.6. The first-order valence-corrected chi connectivity index (χ1v) is 9.34. The summed E-state index contributed by atoms with van der Waals surface area (Å²) in [6.45, 7) is 2.12. The van der Waals surface area contributed by atoms with Crippen molar-refractivity contribution in [3.8, 4) is 17.1 Å². The summed E-state index contributed by atoms with van der Waals surface area (Å²) in [6, 6.07) is 13.1. The zero-order valence-corrected chi connectivity index (χ0v) is 17.1. The first kappa shape index (κ1) is 22.8. The van der Waals surface area contributed by atoms with Gasteiger partial charge in [0, 0.05) is 11.1 Å². The molecule has 11 heteroatoms. The van der Waals surface area contributed by atoms with E-state index in [0.717, 1.165) is 11.3 Å². The summed E-state index contributed by atoms with van der Waals surface area (Å²) in [5, 5.41) is 9.94. The molecule has 1 N–H and O–H groups in total. The highest BCUT2D eigenvalue weighted by Crippen LogP contribution is 2.29. The Labute approximate surface area is 181 Å². The summed E-state index contributed by atoms with van der Waals surface area (Å²) < 4.78 is 47.0. The molecule has 1 amide bonds. The maximum Gasteiger partial charge on any atom is 0.471 e. The number of halogens is 3. The number of methoxy groups -OCH3 is 1. The van der Waals surface area contributed by atoms with Crippen molar-refractivity contribution >= 4 is 11.6 Å². The van der Waals surface area contributed by atoms with Crippen LogP contribution in [0.1, 0.15) is 28.7 Å². The van der Waals surface area contributed by atoms with E-state index < -0.39 is 12.1 Å². The van der Waals surface area contributed by atoms with Gasteiger partial charge in [-0.2, -0.15) is 18.2 Å². The Morgan fingerprint density at radius 3 is 2.41 bits per heavy atom. The summed E-state index contributed by atoms with van der Waals surface area (Å²) in [6.07, 6.45) is -4.72. The molecular formula is C21H19F3N4O4. The Morgan fingerprint density at radius 2 is 1.81 bits per heavy atom. The number of ether oxygens (including phenoxy) is 1. The van der Waals surface area contributed by atoms with Crippen LogP contribution in [0.3, 0.4) is 0 Å². The molecule has 0 fully saturated rings. The zero-order chi connectivity index (χ0) is 23.1. The Hall–Kier alpha value is -3.89. The fourth-order valence-electron chi connectivity index (χ4n) is 2.51. The predicted molar refractivity (Wildman–Crippen MR) is 108 cm³/mol. The summed E-state index contributed by atoms with van der Waals surface area (Å²) in [4.78, 5) is 20.9. The monoisotopic (exact) mass is 448 g/mol. The molecule has 0 saturated carbocycles. The van der Waals surface area contributed by atoms with Crippen molar-refractivity contribution in [2.45, 2.75) is 19.7 Å². The first-order valence-electron chi connectivity index (χ1n) is 9.34. The molecule has 0 spiro atoms. The molecule has 3 rings (SSSR count). The van der Waals surface area contributed by atoms with Gasteiger partial charge in [-0.25, -0.2) is 0 Å². The minimum atomic E-state index is -4.72. The van der Waals surface area contributed by atoms with Crippen molar-refractivity contribution in [2.75, 3.05) is 13.7 Å². The lowest BCUT2D eigenvalue weighted by atomic mass is 10.1. The minimum Gasteiger partial charge on any atom is -0.497 e. The fourth-order valence-corrected chi connectivity index (χ4v) is 2.51. The third kappa shape index (κ3) is 6.06. The van der Waals surface area contributed by atoms with Crippen LogP contribution in [0.4, 0.5) is 13.2 Å². The first-order chi connectivity index (χ1) is 15.3. The number of carbonyl (C=O) groups excluding carboxylic acids is 1. The van der Waals surface area contributed by atoms with Crippen LogP contribution in [-0.2, 0) is 17.6 Å². The highest BCUT2D eigenvalue weighted by atomic mass is 19.4. The van der Waals surface area contributed by atoms with Crippen LogP contribution in [0.5, 0.6) is 5.75 Å². The largest absolute Gasteiger partial charge is 0.497 e. The normalized spacial score (nSPS) is 11.8. The van der Waals surface area contributed by atoms with Crippen LogP contribution < -0.4 is 10.1 Å². The van der Waals surface area contributed by atoms with E-state index in [2.05, 4.69) is 25.1 Å². The molecule has 8 nitrogen and oxygen atoms in total. The second kappa shape index (κ2) is 9.94. The minimum absolute atomic E-state index is 0.156. The number of hydrogen-bond acceptors (Lipinski definition) is 7. The summed E-state index contributed by atoms with van der Waals surface area (Å²) >= 11 is 0. The van der Waals surface area contributed by atoms with E-state index >= 15 is 0 Å². The van der Waals surface area contributed by atoms with Gasteiger partial charge >= 0.3 is 12.1 Å². The number of aromatic nitrogens is 2. The average Bonchev–Trinajstić information content (AvgIpc) is 3.29. The molecule has 0 aliphatic carbocycles. The van der Waals surface area contributed by atoms with Gasteiger partial charge in [-0.3, -0.25) is 4.79 Å². The third-order valence-corrected chi connectivity index (χ3v) is 4.19. The number of hydrogen-bond donors (Lipinski definition) is 1. The second-order valence-electron chi connectivity index (χ2n) is 6.63. The van der Waals surface area contributed by atoms with Crippen molar-refractivity contribution in [2.24, 2.45) is 5.16 Å². The number of nitrogens with one attached hydrogen (secondary N) is 1. The molecule has 0 radical (unpaired) electrons. The molecule has 0 aliphatic heterocycles. The van der Waals surface area contributed by atoms with E-state index in [0.29, 0.717) is 11.3 Å². The quantitative estimate of drug-likeness (QED) is 0.412. The summed E-state index contributed by atoms with van der Waals surface area (Å²) in [5.74, 6) is -1.29. The highest BCUT2D eigenvalue weighted by molar-refractivity contribution is 5.97. The van der Waals surface area contributed by atoms with Crippen molar-refractivity contribution in [3.05, 3.63) is 65.5 Å². The van der Waals surface area contributed by atoms with Crippen LogP contribution in [-0.4, -0.2) is 35.4 Å². The molecule has 1 aromatic heterocycles. The SMILES string of the molecule is COc1ccc(CON=C(C)CNC(=O)c2ccc(-c3noc(C(F)(F)F)n3)cc2)cc1. The standard InChI is InChI=1S/C21H19F3N4O4/c1-13(27-31-12-14-3-9-17(30-2)10-4-14)11-25-19(29)16-7-5-15(6-8-16)18-26-20(32-28-18)21(22,23)24/h3-10H,11-12H2,1-2H3,(H,25,29). The lowest BCUT2D eigenvalue weighted by Gasteiger charge is -2.06. The number of rotatable bonds is 8. The van der Waals surface area contributed by atoms with Gasteiger partial charge in [-0.05, 0) is 36.8 Å². The Kier molecular flexibility index (Phi) is 7.08. The number of nitrogens with zero attached hydrogens (tertiary/aromatic N) is 3. The van der Waals surface area contributed by atoms with Gasteiger partial charge in [0.05, 0.1) is 19.4 Å². The van der Waals surface area contributed by atoms with E-state index in [4.69, 9.17) is 9.57 Å². The molecule has 0 bridgehead atoms. The van der Waals surface area contributed by atoms with Crippen molar-refractivity contribution in [1.29, 1.82) is 0 Å². The fraction of sp³-hybridized carbons (Fsp3) is 0.238. The van der Waals surface area contributed by atoms with Gasteiger partial charge in [0.2, 0.25) is 5.82 Å². The van der Waals surface area contributed by atoms with Gasteiger partial charge in [0.25, 0.3) is 5.91 Å². The molecule has 32 heavy (non-hydrogen) atoms. The topological polar surface area (TPSA) is 98.8 Å². The maximum absolute atomic E-state index is 12.6. The predicted octanol–water partition coefficient (Wildman–Crippen LogP) is 4.09. The Balaban J connectivity index is 1.49. The van der Waals surface area contributed by atoms with Gasteiger partial charge in [-0.1, -0.05) is 34.6 Å². The third-order valence-electron chi connectivity index (χ3n) is 4.19. The number of carbonyl (C=O) groups is 1. The number of amides is 1. The van der Waals surface area contributed by atoms with E-state index in [1.165, 1.54) is 24.3 Å². The lowest BCUT2D eigenvalue weighted by Crippen LogP contribution is -2.28. The van der Waals surface area contributed by atoms with E-state index in [-0.39, 0.29) is 30.4 Å². The van der Waals surface area contributed by atoms with E-state index in [1.54, 1.807) is 14.0 Å². The molecular weight excluding hydrogens is 429 g/mol. The summed E-state index contributed by atoms with van der Waals surface area (Å²) in [7, 11) is 1.59. The van der Waals surface area contributed by atoms with Gasteiger partial charge in [0.15, 0.2) is 0 Å². The molecule has 3 aromatic rings. The van der Waals surface area contributed by atoms with Crippen molar-refractivity contribution < 1.29 is 32.1 Å². The molecule has 0 atom stereocenters. The van der Waals surface area contributed by atoms with E-state index in [1.807, 2.05) is 24.3 Å². The molecule has 0 aliphatic rings. The zero-order valence-electron chi connectivity index (χ0n) is 17.1. The van der Waals surface area contributed by atoms with Crippen molar-refractivity contribution in [3.63, 3.8) is 0 Å². The highest BCUT2D eigenvalue weighted by Gasteiger charge is 2.38. The van der Waals surface area contributed by atoms with Crippen LogP contribution in [0.25, 0.3) is 11.4 Å². The van der Waals surface area contributed by atoms with Crippen LogP contribution in [0, 0.1) is 0 Å². The number of benzene rings is 2. The van der Waals surface area contributed by atoms with Gasteiger partial charge in [-0.15, -0.1) is 0 Å². The molecule has 1 heterocycles. The number of alkyl halides is 3. The molecule has 0 saturated heterocycles.